The summed E-state index contributed by atoms with van der Waals surface area (Å²) in [6.45, 7) is 5.77. The number of fused-ring (bicyclic) bond motifs is 1. The predicted octanol–water partition coefficient (Wildman–Crippen LogP) is 2.76. The Morgan fingerprint density at radius 1 is 1.18 bits per heavy atom. The molecule has 1 N–H and O–H groups in total. The number of rotatable bonds is 4. The summed E-state index contributed by atoms with van der Waals surface area (Å²) in [5, 5.41) is 3.36. The first-order valence-corrected chi connectivity index (χ1v) is 6.27. The third kappa shape index (κ3) is 2.91. The van der Waals surface area contributed by atoms with E-state index in [1.807, 2.05) is 13.1 Å². The molecule has 0 radical (unpaired) electrons. The smallest absolute Gasteiger partial charge is 0.161 e. The minimum Gasteiger partial charge on any atom is -0.486 e. The van der Waals surface area contributed by atoms with Gasteiger partial charge >= 0.3 is 0 Å². The lowest BCUT2D eigenvalue weighted by molar-refractivity contribution is 0.171. The molecule has 94 valence electrons. The van der Waals surface area contributed by atoms with E-state index in [0.29, 0.717) is 25.2 Å². The molecule has 0 aromatic heterocycles. The van der Waals surface area contributed by atoms with Crippen LogP contribution in [-0.2, 0) is 0 Å². The molecule has 0 bridgehead atoms. The van der Waals surface area contributed by atoms with Gasteiger partial charge in [0, 0.05) is 6.04 Å². The van der Waals surface area contributed by atoms with Crippen molar-refractivity contribution in [3.63, 3.8) is 0 Å². The molecule has 0 fully saturated rings. The van der Waals surface area contributed by atoms with Crippen molar-refractivity contribution in [2.45, 2.75) is 26.3 Å². The van der Waals surface area contributed by atoms with Crippen molar-refractivity contribution in [2.75, 3.05) is 20.3 Å². The lowest BCUT2D eigenvalue weighted by Gasteiger charge is -2.23. The minimum absolute atomic E-state index is 0.380. The number of nitrogens with one attached hydrogen (secondary N) is 1. The van der Waals surface area contributed by atoms with Crippen LogP contribution in [0, 0.1) is 5.92 Å². The maximum Gasteiger partial charge on any atom is 0.161 e. The lowest BCUT2D eigenvalue weighted by atomic mass is 9.97. The third-order valence-electron chi connectivity index (χ3n) is 3.02. The first kappa shape index (κ1) is 12.2. The third-order valence-corrected chi connectivity index (χ3v) is 3.02. The highest BCUT2D eigenvalue weighted by Crippen LogP contribution is 2.33. The van der Waals surface area contributed by atoms with E-state index >= 15 is 0 Å². The molecule has 1 aliphatic rings. The van der Waals surface area contributed by atoms with Gasteiger partial charge in [-0.1, -0.05) is 19.9 Å². The molecule has 3 heteroatoms. The van der Waals surface area contributed by atoms with Crippen molar-refractivity contribution in [2.24, 2.45) is 5.92 Å². The molecule has 0 aliphatic carbocycles. The van der Waals surface area contributed by atoms with Gasteiger partial charge in [-0.3, -0.25) is 0 Å². The molecule has 0 saturated heterocycles. The van der Waals surface area contributed by atoms with E-state index in [0.717, 1.165) is 17.9 Å². The van der Waals surface area contributed by atoms with Gasteiger partial charge in [0.2, 0.25) is 0 Å². The van der Waals surface area contributed by atoms with Crippen molar-refractivity contribution in [3.8, 4) is 11.5 Å². The van der Waals surface area contributed by atoms with Crippen LogP contribution in [0.3, 0.4) is 0 Å². The maximum atomic E-state index is 5.61. The Morgan fingerprint density at radius 3 is 2.53 bits per heavy atom. The molecule has 0 saturated carbocycles. The van der Waals surface area contributed by atoms with Crippen molar-refractivity contribution in [3.05, 3.63) is 23.8 Å². The van der Waals surface area contributed by atoms with Crippen LogP contribution in [0.2, 0.25) is 0 Å². The van der Waals surface area contributed by atoms with Crippen LogP contribution >= 0.6 is 0 Å². The first-order chi connectivity index (χ1) is 8.20. The molecular formula is C14H21NO2. The van der Waals surface area contributed by atoms with Crippen LogP contribution < -0.4 is 14.8 Å². The molecule has 1 aromatic rings. The fraction of sp³-hybridized carbons (Fsp3) is 0.571. The Hall–Kier alpha value is -1.22. The summed E-state index contributed by atoms with van der Waals surface area (Å²) in [7, 11) is 2.00. The summed E-state index contributed by atoms with van der Waals surface area (Å²) in [6.07, 6.45) is 1.12. The molecule has 1 atom stereocenters. The van der Waals surface area contributed by atoms with E-state index in [-0.39, 0.29) is 0 Å². The molecule has 3 nitrogen and oxygen atoms in total. The zero-order chi connectivity index (χ0) is 12.3. The van der Waals surface area contributed by atoms with Crippen LogP contribution in [-0.4, -0.2) is 20.3 Å². The summed E-state index contributed by atoms with van der Waals surface area (Å²) in [6, 6.07) is 6.61. The molecule has 1 aromatic carbocycles. The Balaban J connectivity index is 2.19. The van der Waals surface area contributed by atoms with Crippen LogP contribution in [0.5, 0.6) is 11.5 Å². The monoisotopic (exact) mass is 235 g/mol. The quantitative estimate of drug-likeness (QED) is 0.870. The standard InChI is InChI=1S/C14H21NO2/c1-10(2)8-12(15-3)11-4-5-13-14(9-11)17-7-6-16-13/h4-5,9-10,12,15H,6-8H2,1-3H3. The van der Waals surface area contributed by atoms with Gasteiger partial charge in [-0.25, -0.2) is 0 Å². The fourth-order valence-corrected chi connectivity index (χ4v) is 2.17. The van der Waals surface area contributed by atoms with Gasteiger partial charge in [-0.15, -0.1) is 0 Å². The van der Waals surface area contributed by atoms with Gasteiger partial charge in [0.05, 0.1) is 0 Å². The number of ether oxygens (including phenoxy) is 2. The average molecular weight is 235 g/mol. The van der Waals surface area contributed by atoms with Gasteiger partial charge in [0.1, 0.15) is 13.2 Å². The van der Waals surface area contributed by atoms with E-state index in [2.05, 4.69) is 31.3 Å². The summed E-state index contributed by atoms with van der Waals surface area (Å²) >= 11 is 0. The van der Waals surface area contributed by atoms with Gasteiger partial charge in [-0.2, -0.15) is 0 Å². The average Bonchev–Trinajstić information content (AvgIpc) is 2.35. The van der Waals surface area contributed by atoms with Gasteiger partial charge in [-0.05, 0) is 37.1 Å². The lowest BCUT2D eigenvalue weighted by Crippen LogP contribution is -2.20. The largest absolute Gasteiger partial charge is 0.486 e. The highest BCUT2D eigenvalue weighted by atomic mass is 16.6. The van der Waals surface area contributed by atoms with Crippen molar-refractivity contribution >= 4 is 0 Å². The molecule has 0 amide bonds. The summed E-state index contributed by atoms with van der Waals surface area (Å²) in [4.78, 5) is 0. The molecule has 17 heavy (non-hydrogen) atoms. The molecule has 2 rings (SSSR count). The Kier molecular flexibility index (Phi) is 3.89. The van der Waals surface area contributed by atoms with E-state index < -0.39 is 0 Å². The molecule has 0 spiro atoms. The second-order valence-electron chi connectivity index (χ2n) is 4.87. The number of hydrogen-bond acceptors (Lipinski definition) is 3. The summed E-state index contributed by atoms with van der Waals surface area (Å²) in [5.74, 6) is 2.40. The van der Waals surface area contributed by atoms with E-state index in [4.69, 9.17) is 9.47 Å². The van der Waals surface area contributed by atoms with Crippen LogP contribution in [0.25, 0.3) is 0 Å². The summed E-state index contributed by atoms with van der Waals surface area (Å²) in [5.41, 5.74) is 1.27. The van der Waals surface area contributed by atoms with E-state index in [1.54, 1.807) is 0 Å². The van der Waals surface area contributed by atoms with Crippen LogP contribution in [0.4, 0.5) is 0 Å². The fourth-order valence-electron chi connectivity index (χ4n) is 2.17. The normalized spacial score (nSPS) is 16.0. The van der Waals surface area contributed by atoms with Gasteiger partial charge in [0.25, 0.3) is 0 Å². The second kappa shape index (κ2) is 5.41. The number of hydrogen-bond donors (Lipinski definition) is 1. The summed E-state index contributed by atoms with van der Waals surface area (Å²) < 4.78 is 11.1. The molecule has 1 heterocycles. The van der Waals surface area contributed by atoms with Gasteiger partial charge < -0.3 is 14.8 Å². The molecular weight excluding hydrogens is 214 g/mol. The molecule has 1 unspecified atom stereocenters. The Morgan fingerprint density at radius 2 is 1.88 bits per heavy atom. The second-order valence-corrected chi connectivity index (χ2v) is 4.87. The first-order valence-electron chi connectivity index (χ1n) is 6.27. The Bertz CT molecular complexity index is 376. The number of benzene rings is 1. The van der Waals surface area contributed by atoms with Crippen molar-refractivity contribution in [1.82, 2.24) is 5.32 Å². The predicted molar refractivity (Wildman–Crippen MR) is 68.7 cm³/mol. The topological polar surface area (TPSA) is 30.5 Å². The molecule has 1 aliphatic heterocycles. The van der Waals surface area contributed by atoms with Crippen LogP contribution in [0.1, 0.15) is 31.9 Å². The maximum absolute atomic E-state index is 5.61. The van der Waals surface area contributed by atoms with E-state index in [1.165, 1.54) is 5.56 Å². The van der Waals surface area contributed by atoms with Crippen molar-refractivity contribution in [1.29, 1.82) is 0 Å². The zero-order valence-corrected chi connectivity index (χ0v) is 10.8. The van der Waals surface area contributed by atoms with E-state index in [9.17, 15) is 0 Å². The zero-order valence-electron chi connectivity index (χ0n) is 10.8. The highest BCUT2D eigenvalue weighted by molar-refractivity contribution is 5.44. The van der Waals surface area contributed by atoms with Crippen molar-refractivity contribution < 1.29 is 9.47 Å². The minimum atomic E-state index is 0.380. The Labute approximate surface area is 103 Å². The SMILES string of the molecule is CNC(CC(C)C)c1ccc2c(c1)OCCO2. The van der Waals surface area contributed by atoms with Gasteiger partial charge in [0.15, 0.2) is 11.5 Å². The highest BCUT2D eigenvalue weighted by Gasteiger charge is 2.16. The van der Waals surface area contributed by atoms with Crippen LogP contribution in [0.15, 0.2) is 18.2 Å².